The maximum absolute atomic E-state index is 12.2. The minimum Gasteiger partial charge on any atom is -0.349 e. The Morgan fingerprint density at radius 1 is 1.53 bits per heavy atom. The molecule has 1 amide bonds. The van der Waals surface area contributed by atoms with E-state index in [-0.39, 0.29) is 5.91 Å². The van der Waals surface area contributed by atoms with Crippen molar-refractivity contribution in [2.24, 2.45) is 0 Å². The Labute approximate surface area is 119 Å². The summed E-state index contributed by atoms with van der Waals surface area (Å²) in [5.41, 5.74) is 0.736. The fourth-order valence-electron chi connectivity index (χ4n) is 2.09. The average Bonchev–Trinajstić information content (AvgIpc) is 2.96. The first kappa shape index (κ1) is 12.5. The fourth-order valence-corrected chi connectivity index (χ4v) is 2.53. The maximum Gasteiger partial charge on any atom is 0.268 e. The first-order valence-electron chi connectivity index (χ1n) is 6.35. The Bertz CT molecular complexity index is 571. The molecular weight excluding hydrogens is 308 g/mol. The van der Waals surface area contributed by atoms with Gasteiger partial charge in [-0.1, -0.05) is 0 Å². The molecule has 1 fully saturated rings. The van der Waals surface area contributed by atoms with Gasteiger partial charge in [0.1, 0.15) is 5.69 Å². The van der Waals surface area contributed by atoms with Gasteiger partial charge in [0.2, 0.25) is 0 Å². The lowest BCUT2D eigenvalue weighted by atomic mass is 10.4. The number of aromatic nitrogens is 3. The molecule has 1 N–H and O–H groups in total. The van der Waals surface area contributed by atoms with Crippen LogP contribution < -0.4 is 5.32 Å². The van der Waals surface area contributed by atoms with Crippen molar-refractivity contribution < 1.29 is 4.79 Å². The van der Waals surface area contributed by atoms with Crippen molar-refractivity contribution in [2.75, 3.05) is 6.54 Å². The predicted molar refractivity (Wildman–Crippen MR) is 75.0 cm³/mol. The van der Waals surface area contributed by atoms with Gasteiger partial charge in [-0.15, -0.1) is 0 Å². The largest absolute Gasteiger partial charge is 0.349 e. The number of rotatable bonds is 5. The quantitative estimate of drug-likeness (QED) is 0.917. The topological polar surface area (TPSA) is 51.9 Å². The fraction of sp³-hybridized carbons (Fsp3) is 0.385. The van der Waals surface area contributed by atoms with E-state index in [0.29, 0.717) is 12.6 Å². The number of hydrogen-bond donors (Lipinski definition) is 1. The van der Waals surface area contributed by atoms with Crippen LogP contribution in [0.2, 0.25) is 0 Å². The third-order valence-electron chi connectivity index (χ3n) is 3.20. The van der Waals surface area contributed by atoms with Gasteiger partial charge in [-0.05, 0) is 34.8 Å². The molecule has 2 aromatic rings. The Hall–Kier alpha value is -1.56. The second-order valence-electron chi connectivity index (χ2n) is 4.74. The zero-order valence-electron chi connectivity index (χ0n) is 10.4. The summed E-state index contributed by atoms with van der Waals surface area (Å²) in [4.78, 5) is 16.1. The highest BCUT2D eigenvalue weighted by molar-refractivity contribution is 9.10. The van der Waals surface area contributed by atoms with E-state index in [4.69, 9.17) is 0 Å². The van der Waals surface area contributed by atoms with E-state index in [1.54, 1.807) is 12.5 Å². The number of amides is 1. The molecule has 6 heteroatoms. The van der Waals surface area contributed by atoms with Crippen molar-refractivity contribution >= 4 is 21.8 Å². The van der Waals surface area contributed by atoms with Gasteiger partial charge >= 0.3 is 0 Å². The Morgan fingerprint density at radius 3 is 3.05 bits per heavy atom. The predicted octanol–water partition coefficient (Wildman–Crippen LogP) is 2.21. The number of nitrogens with zero attached hydrogens (tertiary/aromatic N) is 3. The van der Waals surface area contributed by atoms with Crippen molar-refractivity contribution in [3.05, 3.63) is 41.2 Å². The van der Waals surface area contributed by atoms with Crippen LogP contribution in [0.15, 0.2) is 35.5 Å². The van der Waals surface area contributed by atoms with Gasteiger partial charge < -0.3 is 14.5 Å². The Morgan fingerprint density at radius 2 is 2.37 bits per heavy atom. The van der Waals surface area contributed by atoms with Gasteiger partial charge in [-0.2, -0.15) is 0 Å². The van der Waals surface area contributed by atoms with Crippen LogP contribution in [0.3, 0.4) is 0 Å². The van der Waals surface area contributed by atoms with Crippen molar-refractivity contribution in [1.29, 1.82) is 0 Å². The average molecular weight is 323 g/mol. The van der Waals surface area contributed by atoms with Gasteiger partial charge in [0.15, 0.2) is 0 Å². The molecule has 0 bridgehead atoms. The van der Waals surface area contributed by atoms with Gasteiger partial charge in [-0.25, -0.2) is 4.98 Å². The molecule has 2 heterocycles. The summed E-state index contributed by atoms with van der Waals surface area (Å²) in [5.74, 6) is -0.0160. The van der Waals surface area contributed by atoms with Crippen LogP contribution in [0.1, 0.15) is 29.4 Å². The maximum atomic E-state index is 12.2. The van der Waals surface area contributed by atoms with Crippen molar-refractivity contribution in [3.63, 3.8) is 0 Å². The summed E-state index contributed by atoms with van der Waals surface area (Å²) in [7, 11) is 0. The van der Waals surface area contributed by atoms with Crippen LogP contribution in [-0.4, -0.2) is 26.6 Å². The molecule has 0 radical (unpaired) electrons. The summed E-state index contributed by atoms with van der Waals surface area (Å²) in [6.45, 7) is 1.33. The molecule has 0 saturated heterocycles. The molecule has 0 aliphatic heterocycles. The molecule has 1 saturated carbocycles. The second kappa shape index (κ2) is 5.21. The van der Waals surface area contributed by atoms with E-state index in [1.807, 2.05) is 23.0 Å². The molecule has 0 aromatic carbocycles. The standard InChI is InChI=1S/C13H15BrN4O/c14-10-7-12(18(8-10)11-1-2-11)13(19)16-4-6-17-5-3-15-9-17/h3,5,7-9,11H,1-2,4,6H2,(H,16,19). The highest BCUT2D eigenvalue weighted by atomic mass is 79.9. The van der Waals surface area contributed by atoms with Crippen molar-refractivity contribution in [3.8, 4) is 0 Å². The number of carbonyl (C=O) groups excluding carboxylic acids is 1. The number of carbonyl (C=O) groups is 1. The summed E-state index contributed by atoms with van der Waals surface area (Å²) < 4.78 is 4.96. The molecule has 1 aliphatic carbocycles. The summed E-state index contributed by atoms with van der Waals surface area (Å²) >= 11 is 3.43. The van der Waals surface area contributed by atoms with Crippen LogP contribution in [0.4, 0.5) is 0 Å². The molecule has 5 nitrogen and oxygen atoms in total. The molecule has 2 aromatic heterocycles. The molecule has 19 heavy (non-hydrogen) atoms. The molecule has 0 atom stereocenters. The first-order valence-corrected chi connectivity index (χ1v) is 7.14. The Balaban J connectivity index is 1.60. The number of halogens is 1. The van der Waals surface area contributed by atoms with Crippen LogP contribution in [0.25, 0.3) is 0 Å². The van der Waals surface area contributed by atoms with Crippen molar-refractivity contribution in [2.45, 2.75) is 25.4 Å². The third-order valence-corrected chi connectivity index (χ3v) is 3.64. The van der Waals surface area contributed by atoms with Gasteiger partial charge in [-0.3, -0.25) is 4.79 Å². The van der Waals surface area contributed by atoms with E-state index in [0.717, 1.165) is 29.6 Å². The molecular formula is C13H15BrN4O. The van der Waals surface area contributed by atoms with E-state index in [2.05, 4.69) is 30.8 Å². The molecule has 0 unspecified atom stereocenters. The van der Waals surface area contributed by atoms with Crippen molar-refractivity contribution in [1.82, 2.24) is 19.4 Å². The molecule has 0 spiro atoms. The molecule has 3 rings (SSSR count). The highest BCUT2D eigenvalue weighted by Crippen LogP contribution is 2.37. The van der Waals surface area contributed by atoms with Crippen LogP contribution in [0, 0.1) is 0 Å². The zero-order valence-corrected chi connectivity index (χ0v) is 12.0. The van der Waals surface area contributed by atoms with Gasteiger partial charge in [0.05, 0.1) is 6.33 Å². The summed E-state index contributed by atoms with van der Waals surface area (Å²) in [6, 6.07) is 2.38. The van der Waals surface area contributed by atoms with E-state index >= 15 is 0 Å². The SMILES string of the molecule is O=C(NCCn1ccnc1)c1cc(Br)cn1C1CC1. The Kier molecular flexibility index (Phi) is 3.42. The van der Waals surface area contributed by atoms with E-state index < -0.39 is 0 Å². The van der Waals surface area contributed by atoms with E-state index in [9.17, 15) is 4.79 Å². The summed E-state index contributed by atoms with van der Waals surface area (Å²) in [5, 5.41) is 2.94. The summed E-state index contributed by atoms with van der Waals surface area (Å²) in [6.07, 6.45) is 9.68. The van der Waals surface area contributed by atoms with Crippen LogP contribution >= 0.6 is 15.9 Å². The lowest BCUT2D eigenvalue weighted by molar-refractivity contribution is 0.0943. The lowest BCUT2D eigenvalue weighted by Gasteiger charge is -2.08. The van der Waals surface area contributed by atoms with Crippen LogP contribution in [-0.2, 0) is 6.54 Å². The second-order valence-corrected chi connectivity index (χ2v) is 5.65. The number of hydrogen-bond acceptors (Lipinski definition) is 2. The molecule has 1 aliphatic rings. The highest BCUT2D eigenvalue weighted by Gasteiger charge is 2.27. The van der Waals surface area contributed by atoms with Gasteiger partial charge in [0, 0.05) is 42.2 Å². The molecule has 100 valence electrons. The number of imidazole rings is 1. The number of nitrogens with one attached hydrogen (secondary N) is 1. The third kappa shape index (κ3) is 2.89. The van der Waals surface area contributed by atoms with Gasteiger partial charge in [0.25, 0.3) is 5.91 Å². The smallest absolute Gasteiger partial charge is 0.268 e. The van der Waals surface area contributed by atoms with E-state index in [1.165, 1.54) is 0 Å². The normalized spacial score (nSPS) is 14.6. The lowest BCUT2D eigenvalue weighted by Crippen LogP contribution is -2.28. The minimum atomic E-state index is -0.0160. The minimum absolute atomic E-state index is 0.0160. The van der Waals surface area contributed by atoms with Crippen LogP contribution in [0.5, 0.6) is 0 Å². The monoisotopic (exact) mass is 322 g/mol. The zero-order chi connectivity index (χ0) is 13.2. The first-order chi connectivity index (χ1) is 9.24.